The van der Waals surface area contributed by atoms with Crippen LogP contribution in [0.3, 0.4) is 0 Å². The van der Waals surface area contributed by atoms with Gasteiger partial charge in [-0.3, -0.25) is 0 Å². The molecule has 0 atom stereocenters. The molecule has 0 aliphatic heterocycles. The van der Waals surface area contributed by atoms with Crippen molar-refractivity contribution in [3.63, 3.8) is 0 Å². The first-order chi connectivity index (χ1) is 5.30. The van der Waals surface area contributed by atoms with Crippen molar-refractivity contribution in [3.8, 4) is 0 Å². The van der Waals surface area contributed by atoms with Crippen molar-refractivity contribution < 1.29 is 0 Å². The maximum Gasteiger partial charge on any atom is -0.0170 e. The Morgan fingerprint density at radius 2 is 1.42 bits per heavy atom. The Balaban J connectivity index is 4.96. The average molecular weight is 166 g/mol. The van der Waals surface area contributed by atoms with E-state index in [4.69, 9.17) is 0 Å². The molecule has 0 saturated carbocycles. The van der Waals surface area contributed by atoms with Gasteiger partial charge in [-0.1, -0.05) is 38.0 Å². The summed E-state index contributed by atoms with van der Waals surface area (Å²) in [6.07, 6.45) is 2.17. The fourth-order valence-corrected chi connectivity index (χ4v) is 1.07. The average Bonchev–Trinajstić information content (AvgIpc) is 1.98. The van der Waals surface area contributed by atoms with Gasteiger partial charge < -0.3 is 0 Å². The van der Waals surface area contributed by atoms with Crippen molar-refractivity contribution in [2.24, 2.45) is 5.41 Å². The molecule has 0 N–H and O–H groups in total. The molecular formula is C12H22. The summed E-state index contributed by atoms with van der Waals surface area (Å²) in [6.45, 7) is 15.5. The van der Waals surface area contributed by atoms with Crippen molar-refractivity contribution in [2.45, 2.75) is 48.5 Å². The molecule has 0 aromatic heterocycles. The van der Waals surface area contributed by atoms with Crippen LogP contribution < -0.4 is 0 Å². The van der Waals surface area contributed by atoms with Gasteiger partial charge in [0, 0.05) is 0 Å². The summed E-state index contributed by atoms with van der Waals surface area (Å²) in [5, 5.41) is 0. The molecule has 0 saturated heterocycles. The molecule has 12 heavy (non-hydrogen) atoms. The summed E-state index contributed by atoms with van der Waals surface area (Å²) in [4.78, 5) is 0. The summed E-state index contributed by atoms with van der Waals surface area (Å²) in [7, 11) is 0. The van der Waals surface area contributed by atoms with Crippen LogP contribution in [0.15, 0.2) is 22.8 Å². The van der Waals surface area contributed by atoms with Crippen LogP contribution >= 0.6 is 0 Å². The molecule has 0 aromatic carbocycles. The highest BCUT2D eigenvalue weighted by molar-refractivity contribution is 5.33. The second kappa shape index (κ2) is 3.93. The highest BCUT2D eigenvalue weighted by Crippen LogP contribution is 2.29. The van der Waals surface area contributed by atoms with Crippen LogP contribution in [0.1, 0.15) is 48.5 Å². The number of hydrogen-bond donors (Lipinski definition) is 0. The van der Waals surface area contributed by atoms with Gasteiger partial charge in [0.1, 0.15) is 0 Å². The molecule has 0 amide bonds. The minimum Gasteiger partial charge on any atom is -0.0845 e. The Hall–Kier alpha value is -0.520. The standard InChI is InChI=1S/C12H22/c1-8-9(2)10(3)11(4)12(5,6)7/h8H,1-7H3. The third-order valence-electron chi connectivity index (χ3n) is 2.71. The van der Waals surface area contributed by atoms with E-state index >= 15 is 0 Å². The largest absolute Gasteiger partial charge is 0.0845 e. The van der Waals surface area contributed by atoms with E-state index in [1.54, 1.807) is 0 Å². The summed E-state index contributed by atoms with van der Waals surface area (Å²) in [6, 6.07) is 0. The third-order valence-corrected chi connectivity index (χ3v) is 2.71. The molecule has 0 heteroatoms. The Morgan fingerprint density at radius 1 is 1.00 bits per heavy atom. The maximum absolute atomic E-state index is 2.26. The second-order valence-corrected chi connectivity index (χ2v) is 4.47. The summed E-state index contributed by atoms with van der Waals surface area (Å²) < 4.78 is 0. The maximum atomic E-state index is 2.26. The molecule has 0 spiro atoms. The predicted octanol–water partition coefficient (Wildman–Crippen LogP) is 4.34. The van der Waals surface area contributed by atoms with Crippen LogP contribution in [0.25, 0.3) is 0 Å². The van der Waals surface area contributed by atoms with E-state index in [0.717, 1.165) is 0 Å². The molecule has 0 bridgehead atoms. The minimum atomic E-state index is 0.300. The van der Waals surface area contributed by atoms with E-state index < -0.39 is 0 Å². The second-order valence-electron chi connectivity index (χ2n) is 4.47. The van der Waals surface area contributed by atoms with Gasteiger partial charge in [-0.2, -0.15) is 0 Å². The van der Waals surface area contributed by atoms with Gasteiger partial charge in [0.15, 0.2) is 0 Å². The molecule has 0 aliphatic carbocycles. The van der Waals surface area contributed by atoms with E-state index in [1.165, 1.54) is 16.7 Å². The predicted molar refractivity (Wildman–Crippen MR) is 57.3 cm³/mol. The first-order valence-corrected chi connectivity index (χ1v) is 4.62. The lowest BCUT2D eigenvalue weighted by Crippen LogP contribution is -2.08. The molecule has 0 radical (unpaired) electrons. The van der Waals surface area contributed by atoms with Crippen molar-refractivity contribution >= 4 is 0 Å². The smallest absolute Gasteiger partial charge is 0.0170 e. The Morgan fingerprint density at radius 3 is 1.67 bits per heavy atom. The number of allylic oxidation sites excluding steroid dienone is 4. The van der Waals surface area contributed by atoms with Crippen LogP contribution in [0, 0.1) is 5.41 Å². The topological polar surface area (TPSA) is 0 Å². The normalized spacial score (nSPS) is 16.1. The third kappa shape index (κ3) is 2.84. The summed E-state index contributed by atoms with van der Waals surface area (Å²) in [5.41, 5.74) is 4.61. The monoisotopic (exact) mass is 166 g/mol. The van der Waals surface area contributed by atoms with Crippen LogP contribution in [0.5, 0.6) is 0 Å². The van der Waals surface area contributed by atoms with E-state index in [2.05, 4.69) is 54.5 Å². The molecule has 0 unspecified atom stereocenters. The van der Waals surface area contributed by atoms with Gasteiger partial charge in [-0.15, -0.1) is 0 Å². The first-order valence-electron chi connectivity index (χ1n) is 4.62. The van der Waals surface area contributed by atoms with Crippen molar-refractivity contribution in [3.05, 3.63) is 22.8 Å². The molecular weight excluding hydrogens is 144 g/mol. The van der Waals surface area contributed by atoms with Crippen LogP contribution in [0.4, 0.5) is 0 Å². The number of rotatable bonds is 1. The van der Waals surface area contributed by atoms with Gasteiger partial charge in [0.05, 0.1) is 0 Å². The summed E-state index contributed by atoms with van der Waals surface area (Å²) in [5.74, 6) is 0. The van der Waals surface area contributed by atoms with Crippen LogP contribution in [0.2, 0.25) is 0 Å². The van der Waals surface area contributed by atoms with Crippen LogP contribution in [-0.2, 0) is 0 Å². The Labute approximate surface area is 77.4 Å². The van der Waals surface area contributed by atoms with Gasteiger partial charge in [-0.25, -0.2) is 0 Å². The zero-order valence-electron chi connectivity index (χ0n) is 9.58. The van der Waals surface area contributed by atoms with Crippen LogP contribution in [-0.4, -0.2) is 0 Å². The molecule has 0 aliphatic rings. The number of hydrogen-bond acceptors (Lipinski definition) is 0. The van der Waals surface area contributed by atoms with Crippen molar-refractivity contribution in [2.75, 3.05) is 0 Å². The Kier molecular flexibility index (Phi) is 3.76. The van der Waals surface area contributed by atoms with E-state index in [9.17, 15) is 0 Å². The van der Waals surface area contributed by atoms with Gasteiger partial charge >= 0.3 is 0 Å². The molecule has 0 aromatic rings. The molecule has 0 nitrogen and oxygen atoms in total. The lowest BCUT2D eigenvalue weighted by Gasteiger charge is -2.22. The quantitative estimate of drug-likeness (QED) is 0.508. The summed E-state index contributed by atoms with van der Waals surface area (Å²) >= 11 is 0. The zero-order valence-corrected chi connectivity index (χ0v) is 9.58. The fourth-order valence-electron chi connectivity index (χ4n) is 1.07. The van der Waals surface area contributed by atoms with Crippen molar-refractivity contribution in [1.82, 2.24) is 0 Å². The van der Waals surface area contributed by atoms with E-state index in [-0.39, 0.29) is 0 Å². The lowest BCUT2D eigenvalue weighted by molar-refractivity contribution is 0.499. The highest BCUT2D eigenvalue weighted by atomic mass is 14.2. The molecule has 70 valence electrons. The van der Waals surface area contributed by atoms with Gasteiger partial charge in [-0.05, 0) is 38.7 Å². The van der Waals surface area contributed by atoms with Gasteiger partial charge in [0.2, 0.25) is 0 Å². The first kappa shape index (κ1) is 11.5. The van der Waals surface area contributed by atoms with Crippen molar-refractivity contribution in [1.29, 1.82) is 0 Å². The van der Waals surface area contributed by atoms with E-state index in [1.807, 2.05) is 0 Å². The zero-order chi connectivity index (χ0) is 9.94. The fraction of sp³-hybridized carbons (Fsp3) is 0.667. The van der Waals surface area contributed by atoms with E-state index in [0.29, 0.717) is 5.41 Å². The van der Waals surface area contributed by atoms with Gasteiger partial charge in [0.25, 0.3) is 0 Å². The Bertz CT molecular complexity index is 209. The molecule has 0 heterocycles. The molecule has 0 rings (SSSR count). The molecule has 0 fully saturated rings. The lowest BCUT2D eigenvalue weighted by atomic mass is 9.83. The highest BCUT2D eigenvalue weighted by Gasteiger charge is 2.15. The minimum absolute atomic E-state index is 0.300. The SMILES string of the molecule is CC=C(C)C(C)=C(C)C(C)(C)C.